The zero-order valence-corrected chi connectivity index (χ0v) is 17.2. The predicted octanol–water partition coefficient (Wildman–Crippen LogP) is 5.89. The highest BCUT2D eigenvalue weighted by molar-refractivity contribution is 14.1. The summed E-state index contributed by atoms with van der Waals surface area (Å²) in [4.78, 5) is 0. The van der Waals surface area contributed by atoms with E-state index in [1.807, 2.05) is 0 Å². The minimum Gasteiger partial charge on any atom is -0.390 e. The maximum Gasteiger partial charge on any atom is 0.0622 e. The van der Waals surface area contributed by atoms with Crippen LogP contribution in [0.1, 0.15) is 78.6 Å². The van der Waals surface area contributed by atoms with Crippen LogP contribution < -0.4 is 0 Å². The molecule has 0 heterocycles. The van der Waals surface area contributed by atoms with Gasteiger partial charge in [-0.1, -0.05) is 41.2 Å². The van der Waals surface area contributed by atoms with Crippen LogP contribution in [0.4, 0.5) is 0 Å². The summed E-state index contributed by atoms with van der Waals surface area (Å²) in [6, 6.07) is 0. The van der Waals surface area contributed by atoms with Gasteiger partial charge in [0.15, 0.2) is 0 Å². The Hall–Kier alpha value is 0.430. The number of hydrogen-bond acceptors (Lipinski definition) is 1. The molecular formula is C21H33IO. The molecule has 0 amide bonds. The predicted molar refractivity (Wildman–Crippen MR) is 105 cm³/mol. The molecule has 4 aliphatic carbocycles. The second kappa shape index (κ2) is 5.46. The highest BCUT2D eigenvalue weighted by atomic mass is 127. The van der Waals surface area contributed by atoms with Gasteiger partial charge < -0.3 is 5.11 Å². The van der Waals surface area contributed by atoms with Crippen molar-refractivity contribution in [1.29, 1.82) is 0 Å². The molecule has 130 valence electrons. The number of aliphatic hydroxyl groups is 1. The van der Waals surface area contributed by atoms with Gasteiger partial charge >= 0.3 is 0 Å². The Morgan fingerprint density at radius 3 is 2.61 bits per heavy atom. The summed E-state index contributed by atoms with van der Waals surface area (Å²) < 4.78 is 0.528. The van der Waals surface area contributed by atoms with E-state index in [1.54, 1.807) is 5.57 Å². The molecule has 1 unspecified atom stereocenters. The van der Waals surface area contributed by atoms with Crippen molar-refractivity contribution in [2.75, 3.05) is 0 Å². The third-order valence-corrected chi connectivity index (χ3v) is 10.6. The van der Waals surface area contributed by atoms with E-state index in [4.69, 9.17) is 0 Å². The first-order valence-corrected chi connectivity index (χ1v) is 10.9. The lowest BCUT2D eigenvalue weighted by Gasteiger charge is -2.60. The summed E-state index contributed by atoms with van der Waals surface area (Å²) in [5.41, 5.74) is 1.85. The molecule has 0 saturated heterocycles. The molecule has 0 aromatic rings. The molecule has 0 aromatic carbocycles. The molecule has 0 aromatic heterocycles. The average molecular weight is 428 g/mol. The van der Waals surface area contributed by atoms with Gasteiger partial charge in [-0.3, -0.25) is 0 Å². The van der Waals surface area contributed by atoms with E-state index >= 15 is 0 Å². The fourth-order valence-corrected chi connectivity index (χ4v) is 9.46. The number of allylic oxidation sites excluding steroid dienone is 2. The Labute approximate surface area is 155 Å². The fourth-order valence-electron chi connectivity index (χ4n) is 7.37. The van der Waals surface area contributed by atoms with Crippen LogP contribution in [0.3, 0.4) is 0 Å². The van der Waals surface area contributed by atoms with Crippen molar-refractivity contribution < 1.29 is 5.11 Å². The van der Waals surface area contributed by atoms with Crippen LogP contribution in [-0.2, 0) is 0 Å². The lowest BCUT2D eigenvalue weighted by atomic mass is 9.49. The Morgan fingerprint density at radius 2 is 1.87 bits per heavy atom. The van der Waals surface area contributed by atoms with Crippen molar-refractivity contribution in [2.45, 2.75) is 87.6 Å². The lowest BCUT2D eigenvalue weighted by Crippen LogP contribution is -2.57. The SMILES string of the molecule is C/C=C1/CC[C@H]2C3(I)CC[C@H]4C[C@](C)(O)CC[C@@H]4[C@H]3CC[C@]12C. The van der Waals surface area contributed by atoms with E-state index in [0.717, 1.165) is 36.5 Å². The molecule has 4 rings (SSSR count). The van der Waals surface area contributed by atoms with Crippen molar-refractivity contribution in [3.63, 3.8) is 0 Å². The summed E-state index contributed by atoms with van der Waals surface area (Å²) in [6.45, 7) is 6.91. The van der Waals surface area contributed by atoms with Crippen LogP contribution in [0.5, 0.6) is 0 Å². The summed E-state index contributed by atoms with van der Waals surface area (Å²) in [5.74, 6) is 3.48. The van der Waals surface area contributed by atoms with Gasteiger partial charge in [0.05, 0.1) is 5.60 Å². The molecule has 0 bridgehead atoms. The zero-order valence-electron chi connectivity index (χ0n) is 15.1. The standard InChI is InChI=1S/C21H33IO/c1-4-15-5-6-18-20(15,3)11-9-17-16-8-10-19(2,23)13-14(16)7-12-21(17,18)22/h4,14,16-18,23H,5-13H2,1-3H3/b15-4-/t14-,16-,17+,18+,19+,20+,21?/m0/s1. The van der Waals surface area contributed by atoms with Crippen molar-refractivity contribution in [3.8, 4) is 0 Å². The van der Waals surface area contributed by atoms with E-state index in [9.17, 15) is 5.11 Å². The van der Waals surface area contributed by atoms with E-state index in [-0.39, 0.29) is 5.60 Å². The minimum atomic E-state index is -0.388. The largest absolute Gasteiger partial charge is 0.390 e. The second-order valence-electron chi connectivity index (χ2n) is 9.60. The molecule has 4 fully saturated rings. The first kappa shape index (κ1) is 16.9. The van der Waals surface area contributed by atoms with Crippen molar-refractivity contribution in [1.82, 2.24) is 0 Å². The third kappa shape index (κ3) is 2.40. The maximum atomic E-state index is 10.5. The van der Waals surface area contributed by atoms with Crippen molar-refractivity contribution in [3.05, 3.63) is 11.6 Å². The van der Waals surface area contributed by atoms with Crippen molar-refractivity contribution >= 4 is 22.6 Å². The number of hydrogen-bond donors (Lipinski definition) is 1. The third-order valence-electron chi connectivity index (χ3n) is 8.46. The molecule has 1 N–H and O–H groups in total. The van der Waals surface area contributed by atoms with Crippen LogP contribution in [0.15, 0.2) is 11.6 Å². The van der Waals surface area contributed by atoms with Gasteiger partial charge in [-0.25, -0.2) is 0 Å². The van der Waals surface area contributed by atoms with E-state index < -0.39 is 0 Å². The molecule has 0 aliphatic heterocycles. The maximum absolute atomic E-state index is 10.5. The Bertz CT molecular complexity index is 524. The van der Waals surface area contributed by atoms with Gasteiger partial charge in [0.2, 0.25) is 0 Å². The molecule has 2 heteroatoms. The lowest BCUT2D eigenvalue weighted by molar-refractivity contribution is -0.0748. The van der Waals surface area contributed by atoms with E-state index in [1.165, 1.54) is 44.9 Å². The highest BCUT2D eigenvalue weighted by Crippen LogP contribution is 2.68. The topological polar surface area (TPSA) is 20.2 Å². The average Bonchev–Trinajstić information content (AvgIpc) is 2.84. The number of alkyl halides is 1. The van der Waals surface area contributed by atoms with Crippen LogP contribution in [0, 0.1) is 29.1 Å². The molecule has 7 atom stereocenters. The van der Waals surface area contributed by atoms with Crippen LogP contribution in [0.2, 0.25) is 0 Å². The molecular weight excluding hydrogens is 395 g/mol. The molecule has 23 heavy (non-hydrogen) atoms. The number of rotatable bonds is 0. The number of halogens is 1. The minimum absolute atomic E-state index is 0.388. The molecule has 1 nitrogen and oxygen atoms in total. The van der Waals surface area contributed by atoms with Gasteiger partial charge in [0.25, 0.3) is 0 Å². The van der Waals surface area contributed by atoms with Gasteiger partial charge in [-0.2, -0.15) is 0 Å². The van der Waals surface area contributed by atoms with Gasteiger partial charge in [0, 0.05) is 3.42 Å². The van der Waals surface area contributed by atoms with Crippen LogP contribution in [-0.4, -0.2) is 14.1 Å². The van der Waals surface area contributed by atoms with E-state index in [0.29, 0.717) is 8.84 Å². The van der Waals surface area contributed by atoms with Gasteiger partial charge in [-0.05, 0) is 101 Å². The van der Waals surface area contributed by atoms with E-state index in [2.05, 4.69) is 49.4 Å². The smallest absolute Gasteiger partial charge is 0.0622 e. The Balaban J connectivity index is 1.64. The summed E-state index contributed by atoms with van der Waals surface area (Å²) in [7, 11) is 0. The molecule has 4 aliphatic rings. The molecule has 0 radical (unpaired) electrons. The summed E-state index contributed by atoms with van der Waals surface area (Å²) in [6.07, 6.45) is 14.1. The normalized spacial score (nSPS) is 57.7. The first-order valence-electron chi connectivity index (χ1n) is 9.87. The van der Waals surface area contributed by atoms with Crippen LogP contribution >= 0.6 is 22.6 Å². The summed E-state index contributed by atoms with van der Waals surface area (Å²) in [5, 5.41) is 10.5. The van der Waals surface area contributed by atoms with Gasteiger partial charge in [0.1, 0.15) is 0 Å². The fraction of sp³-hybridized carbons (Fsp3) is 0.905. The van der Waals surface area contributed by atoms with Gasteiger partial charge in [-0.15, -0.1) is 0 Å². The Morgan fingerprint density at radius 1 is 1.09 bits per heavy atom. The Kier molecular flexibility index (Phi) is 4.01. The summed E-state index contributed by atoms with van der Waals surface area (Å²) >= 11 is 2.93. The highest BCUT2D eigenvalue weighted by Gasteiger charge is 2.62. The molecule has 0 spiro atoms. The number of fused-ring (bicyclic) bond motifs is 5. The zero-order chi connectivity index (χ0) is 16.5. The van der Waals surface area contributed by atoms with Crippen LogP contribution in [0.25, 0.3) is 0 Å². The molecule has 4 saturated carbocycles. The monoisotopic (exact) mass is 428 g/mol. The second-order valence-corrected chi connectivity index (χ2v) is 11.6. The van der Waals surface area contributed by atoms with Crippen molar-refractivity contribution in [2.24, 2.45) is 29.1 Å². The quantitative estimate of drug-likeness (QED) is 0.290. The first-order chi connectivity index (χ1) is 10.8.